The lowest BCUT2D eigenvalue weighted by atomic mass is 9.99. The maximum Gasteiger partial charge on any atom is 0.273 e. The Bertz CT molecular complexity index is 1500. The van der Waals surface area contributed by atoms with Crippen molar-refractivity contribution in [2.75, 3.05) is 30.9 Å². The molecule has 4 rings (SSSR count). The summed E-state index contributed by atoms with van der Waals surface area (Å²) in [5.74, 6) is -1.59. The van der Waals surface area contributed by atoms with Crippen LogP contribution in [-0.4, -0.2) is 47.3 Å². The Labute approximate surface area is 230 Å². The minimum atomic E-state index is -1.10. The standard InChI is InChI=1S/C28H30N6O4S/c1-16(2)17-6-9-20(10-7-17)34(28(37)25-22(29)23(26(30)35)33-39-25)24(27(36)32-13-14-38-3)19-8-11-21-18(15-19)5-4-12-31-21/h4-12,15-16,24H,13-14,29H2,1-3H3,(H2,30,35)(H,32,36)/t24-/m1/s1. The SMILES string of the molecule is COCCNC(=O)[C@@H](c1ccc2ncccc2c1)N(C(=O)c1snc(C(N)=O)c1N)c1ccc(C(C)C)cc1. The van der Waals surface area contributed by atoms with E-state index in [1.807, 2.05) is 24.3 Å². The average Bonchev–Trinajstić information content (AvgIpc) is 3.32. The van der Waals surface area contributed by atoms with E-state index in [0.29, 0.717) is 17.9 Å². The minimum absolute atomic E-state index is 0.00823. The van der Waals surface area contributed by atoms with E-state index < -0.39 is 23.8 Å². The molecule has 0 bridgehead atoms. The van der Waals surface area contributed by atoms with Crippen LogP contribution < -0.4 is 21.7 Å². The normalized spacial score (nSPS) is 11.9. The van der Waals surface area contributed by atoms with Crippen LogP contribution in [-0.2, 0) is 9.53 Å². The zero-order valence-corrected chi connectivity index (χ0v) is 22.7. The molecule has 0 spiro atoms. The van der Waals surface area contributed by atoms with Crippen molar-refractivity contribution in [3.8, 4) is 0 Å². The van der Waals surface area contributed by atoms with Crippen molar-refractivity contribution in [1.29, 1.82) is 0 Å². The Morgan fingerprint density at radius 1 is 1.08 bits per heavy atom. The molecule has 0 aliphatic heterocycles. The Balaban J connectivity index is 1.90. The third-order valence-corrected chi connectivity index (χ3v) is 7.12. The predicted octanol–water partition coefficient (Wildman–Crippen LogP) is 3.65. The third kappa shape index (κ3) is 5.89. The number of ether oxygens (including phenoxy) is 1. The topological polar surface area (TPSA) is 154 Å². The number of carbonyl (C=O) groups excluding carboxylic acids is 3. The molecule has 0 radical (unpaired) electrons. The summed E-state index contributed by atoms with van der Waals surface area (Å²) in [5.41, 5.74) is 14.1. The maximum absolute atomic E-state index is 14.2. The molecule has 0 saturated carbocycles. The number of hydrogen-bond acceptors (Lipinski definition) is 8. The molecule has 5 N–H and O–H groups in total. The monoisotopic (exact) mass is 546 g/mol. The van der Waals surface area contributed by atoms with Crippen molar-refractivity contribution in [3.05, 3.63) is 82.5 Å². The molecule has 0 unspecified atom stereocenters. The highest BCUT2D eigenvalue weighted by Gasteiger charge is 2.36. The van der Waals surface area contributed by atoms with E-state index in [1.165, 1.54) is 12.0 Å². The lowest BCUT2D eigenvalue weighted by Crippen LogP contribution is -2.44. The van der Waals surface area contributed by atoms with Crippen molar-refractivity contribution < 1.29 is 19.1 Å². The second-order valence-corrected chi connectivity index (χ2v) is 9.97. The zero-order chi connectivity index (χ0) is 28.1. The number of anilines is 2. The van der Waals surface area contributed by atoms with Gasteiger partial charge in [-0.15, -0.1) is 0 Å². The first kappa shape index (κ1) is 27.7. The molecule has 2 aromatic carbocycles. The van der Waals surface area contributed by atoms with Gasteiger partial charge in [0.1, 0.15) is 10.9 Å². The summed E-state index contributed by atoms with van der Waals surface area (Å²) in [7, 11) is 1.54. The number of pyridine rings is 1. The average molecular weight is 547 g/mol. The summed E-state index contributed by atoms with van der Waals surface area (Å²) in [6.07, 6.45) is 1.69. The summed E-state index contributed by atoms with van der Waals surface area (Å²) in [6, 6.07) is 15.4. The molecule has 10 nitrogen and oxygen atoms in total. The van der Waals surface area contributed by atoms with Crippen molar-refractivity contribution in [2.45, 2.75) is 25.8 Å². The van der Waals surface area contributed by atoms with Crippen LogP contribution >= 0.6 is 11.5 Å². The number of nitrogens with one attached hydrogen (secondary N) is 1. The second kappa shape index (κ2) is 12.0. The van der Waals surface area contributed by atoms with Crippen molar-refractivity contribution in [2.24, 2.45) is 5.73 Å². The number of nitrogen functional groups attached to an aromatic ring is 1. The molecule has 4 aromatic rings. The van der Waals surface area contributed by atoms with Crippen molar-refractivity contribution >= 4 is 51.5 Å². The second-order valence-electron chi connectivity index (χ2n) is 9.20. The third-order valence-electron chi connectivity index (χ3n) is 6.27. The van der Waals surface area contributed by atoms with Crippen LogP contribution in [0.5, 0.6) is 0 Å². The van der Waals surface area contributed by atoms with Crippen LogP contribution in [0.3, 0.4) is 0 Å². The van der Waals surface area contributed by atoms with Crippen molar-refractivity contribution in [3.63, 3.8) is 0 Å². The Kier molecular flexibility index (Phi) is 8.52. The number of amides is 3. The Morgan fingerprint density at radius 3 is 2.44 bits per heavy atom. The van der Waals surface area contributed by atoms with Gasteiger partial charge in [0.05, 0.1) is 17.8 Å². The molecule has 0 aliphatic carbocycles. The minimum Gasteiger partial charge on any atom is -0.395 e. The number of carbonyl (C=O) groups is 3. The summed E-state index contributed by atoms with van der Waals surface area (Å²) >= 11 is 0.763. The van der Waals surface area contributed by atoms with Crippen LogP contribution in [0.25, 0.3) is 10.9 Å². The molecular formula is C28H30N6O4S. The van der Waals surface area contributed by atoms with Crippen LogP contribution in [0.15, 0.2) is 60.8 Å². The number of primary amides is 1. The van der Waals surface area contributed by atoms with Gasteiger partial charge in [0, 0.05) is 30.9 Å². The lowest BCUT2D eigenvalue weighted by molar-refractivity contribution is -0.122. The van der Waals surface area contributed by atoms with Crippen LogP contribution in [0, 0.1) is 0 Å². The molecule has 0 aliphatic rings. The van der Waals surface area contributed by atoms with Gasteiger partial charge in [-0.05, 0) is 58.9 Å². The molecule has 1 atom stereocenters. The van der Waals surface area contributed by atoms with Gasteiger partial charge in [0.15, 0.2) is 5.69 Å². The highest BCUT2D eigenvalue weighted by Crippen LogP contribution is 2.34. The molecule has 202 valence electrons. The summed E-state index contributed by atoms with van der Waals surface area (Å²) < 4.78 is 9.10. The fraction of sp³-hybridized carbons (Fsp3) is 0.250. The number of hydrogen-bond donors (Lipinski definition) is 3. The quantitative estimate of drug-likeness (QED) is 0.257. The van der Waals surface area contributed by atoms with Gasteiger partial charge < -0.3 is 21.5 Å². The van der Waals surface area contributed by atoms with Gasteiger partial charge in [-0.3, -0.25) is 24.3 Å². The first-order chi connectivity index (χ1) is 18.7. The van der Waals surface area contributed by atoms with E-state index >= 15 is 0 Å². The number of fused-ring (bicyclic) bond motifs is 1. The highest BCUT2D eigenvalue weighted by molar-refractivity contribution is 7.09. The smallest absolute Gasteiger partial charge is 0.273 e. The molecule has 2 heterocycles. The summed E-state index contributed by atoms with van der Waals surface area (Å²) in [4.78, 5) is 45.5. The van der Waals surface area contributed by atoms with Crippen LogP contribution in [0.2, 0.25) is 0 Å². The van der Waals surface area contributed by atoms with E-state index in [2.05, 4.69) is 28.5 Å². The van der Waals surface area contributed by atoms with Gasteiger partial charge >= 0.3 is 0 Å². The highest BCUT2D eigenvalue weighted by atomic mass is 32.1. The number of aromatic nitrogens is 2. The van der Waals surface area contributed by atoms with Gasteiger partial charge in [-0.25, -0.2) is 0 Å². The van der Waals surface area contributed by atoms with Crippen molar-refractivity contribution in [1.82, 2.24) is 14.7 Å². The van der Waals surface area contributed by atoms with E-state index in [-0.39, 0.29) is 28.7 Å². The molecular weight excluding hydrogens is 516 g/mol. The Morgan fingerprint density at radius 2 is 1.79 bits per heavy atom. The number of nitrogens with zero attached hydrogens (tertiary/aromatic N) is 3. The van der Waals surface area contributed by atoms with Crippen LogP contribution in [0.1, 0.15) is 57.1 Å². The number of rotatable bonds is 10. The maximum atomic E-state index is 14.2. The Hall–Kier alpha value is -4.35. The molecule has 0 fully saturated rings. The first-order valence-electron chi connectivity index (χ1n) is 12.3. The lowest BCUT2D eigenvalue weighted by Gasteiger charge is -2.31. The number of benzene rings is 2. The molecule has 11 heteroatoms. The molecule has 0 saturated heterocycles. The summed E-state index contributed by atoms with van der Waals surface area (Å²) in [6.45, 7) is 4.66. The van der Waals surface area contributed by atoms with Gasteiger partial charge in [-0.1, -0.05) is 38.1 Å². The van der Waals surface area contributed by atoms with Gasteiger partial charge in [0.25, 0.3) is 11.8 Å². The molecule has 2 aromatic heterocycles. The summed E-state index contributed by atoms with van der Waals surface area (Å²) in [5, 5.41) is 3.67. The van der Waals surface area contributed by atoms with Gasteiger partial charge in [-0.2, -0.15) is 4.37 Å². The zero-order valence-electron chi connectivity index (χ0n) is 21.9. The molecule has 3 amide bonds. The van der Waals surface area contributed by atoms with E-state index in [9.17, 15) is 14.4 Å². The molecule has 39 heavy (non-hydrogen) atoms. The van der Waals surface area contributed by atoms with Crippen LogP contribution in [0.4, 0.5) is 11.4 Å². The van der Waals surface area contributed by atoms with E-state index in [0.717, 1.165) is 28.0 Å². The number of nitrogens with two attached hydrogens (primary N) is 2. The largest absolute Gasteiger partial charge is 0.395 e. The van der Waals surface area contributed by atoms with E-state index in [1.54, 1.807) is 36.5 Å². The number of methoxy groups -OCH3 is 1. The fourth-order valence-corrected chi connectivity index (χ4v) is 4.94. The fourth-order valence-electron chi connectivity index (χ4n) is 4.20. The van der Waals surface area contributed by atoms with Gasteiger partial charge in [0.2, 0.25) is 5.91 Å². The first-order valence-corrected chi connectivity index (χ1v) is 13.1. The predicted molar refractivity (Wildman–Crippen MR) is 152 cm³/mol. The van der Waals surface area contributed by atoms with E-state index in [4.69, 9.17) is 16.2 Å².